The molecule has 1 aliphatic rings. The zero-order valence-electron chi connectivity index (χ0n) is 11.6. The Hall–Kier alpha value is -1.75. The second kappa shape index (κ2) is 5.93. The fraction of sp³-hybridized carbons (Fsp3) is 0.500. The van der Waals surface area contributed by atoms with E-state index in [2.05, 4.69) is 5.43 Å². The van der Waals surface area contributed by atoms with Crippen molar-refractivity contribution in [3.63, 3.8) is 0 Å². The van der Waals surface area contributed by atoms with Crippen LogP contribution in [0.3, 0.4) is 0 Å². The minimum atomic E-state index is -0.0843. The van der Waals surface area contributed by atoms with E-state index in [1.807, 2.05) is 36.1 Å². The molecule has 1 aromatic carbocycles. The maximum absolute atomic E-state index is 12.1. The lowest BCUT2D eigenvalue weighted by Gasteiger charge is -2.27. The zero-order chi connectivity index (χ0) is 13.8. The minimum absolute atomic E-state index is 0.0843. The van der Waals surface area contributed by atoms with E-state index in [4.69, 9.17) is 5.73 Å². The van der Waals surface area contributed by atoms with Gasteiger partial charge in [0.2, 0.25) is 0 Å². The molecule has 5 heteroatoms. The van der Waals surface area contributed by atoms with Crippen LogP contribution in [0, 0.1) is 0 Å². The summed E-state index contributed by atoms with van der Waals surface area (Å²) in [7, 11) is 3.86. The summed E-state index contributed by atoms with van der Waals surface area (Å²) < 4.78 is 0. The Morgan fingerprint density at radius 3 is 2.53 bits per heavy atom. The number of hydrogen-bond donors (Lipinski definition) is 2. The van der Waals surface area contributed by atoms with Crippen molar-refractivity contribution >= 4 is 17.3 Å². The first-order valence-electron chi connectivity index (χ1n) is 6.70. The number of amides is 1. The van der Waals surface area contributed by atoms with Gasteiger partial charge in [0.15, 0.2) is 0 Å². The molecule has 0 unspecified atom stereocenters. The van der Waals surface area contributed by atoms with Gasteiger partial charge in [0.1, 0.15) is 0 Å². The number of nitrogens with two attached hydrogens (primary N) is 1. The van der Waals surface area contributed by atoms with E-state index in [0.717, 1.165) is 31.6 Å². The van der Waals surface area contributed by atoms with Gasteiger partial charge >= 0.3 is 0 Å². The summed E-state index contributed by atoms with van der Waals surface area (Å²) in [6.07, 6.45) is 3.53. The van der Waals surface area contributed by atoms with E-state index in [1.165, 1.54) is 6.42 Å². The van der Waals surface area contributed by atoms with Crippen molar-refractivity contribution in [2.75, 3.05) is 37.8 Å². The average Bonchev–Trinajstić information content (AvgIpc) is 2.39. The number of nitrogens with zero attached hydrogens (tertiary/aromatic N) is 2. The number of carbonyl (C=O) groups excluding carboxylic acids is 1. The first kappa shape index (κ1) is 13.7. The smallest absolute Gasteiger partial charge is 0.265 e. The van der Waals surface area contributed by atoms with E-state index in [9.17, 15) is 4.79 Å². The van der Waals surface area contributed by atoms with Gasteiger partial charge in [-0.25, -0.2) is 5.01 Å². The Bertz CT molecular complexity index is 453. The Morgan fingerprint density at radius 2 is 1.95 bits per heavy atom. The molecule has 3 N–H and O–H groups in total. The van der Waals surface area contributed by atoms with E-state index < -0.39 is 0 Å². The van der Waals surface area contributed by atoms with Crippen molar-refractivity contribution in [3.8, 4) is 0 Å². The largest absolute Gasteiger partial charge is 0.397 e. The molecule has 1 aromatic rings. The van der Waals surface area contributed by atoms with Crippen molar-refractivity contribution < 1.29 is 4.79 Å². The maximum Gasteiger partial charge on any atom is 0.265 e. The van der Waals surface area contributed by atoms with Crippen molar-refractivity contribution in [3.05, 3.63) is 23.8 Å². The second-order valence-electron chi connectivity index (χ2n) is 5.16. The van der Waals surface area contributed by atoms with E-state index >= 15 is 0 Å². The van der Waals surface area contributed by atoms with Gasteiger partial charge in [-0.05, 0) is 31.0 Å². The molecule has 0 aliphatic carbocycles. The summed E-state index contributed by atoms with van der Waals surface area (Å²) in [6.45, 7) is 1.86. The number of hydrogen-bond acceptors (Lipinski definition) is 4. The molecule has 2 rings (SSSR count). The van der Waals surface area contributed by atoms with Crippen LogP contribution in [0.4, 0.5) is 11.4 Å². The lowest BCUT2D eigenvalue weighted by molar-refractivity contribution is 0.0750. The van der Waals surface area contributed by atoms with Crippen LogP contribution in [0.2, 0.25) is 0 Å². The standard InChI is InChI=1S/C14H22N4O/c1-17(2)13-7-6-11(10-12(13)15)14(19)16-18-8-4-3-5-9-18/h6-7,10H,3-5,8-9,15H2,1-2H3,(H,16,19). The van der Waals surface area contributed by atoms with Gasteiger partial charge in [-0.15, -0.1) is 0 Å². The SMILES string of the molecule is CN(C)c1ccc(C(=O)NN2CCCCC2)cc1N. The number of piperidine rings is 1. The predicted molar refractivity (Wildman–Crippen MR) is 78.1 cm³/mol. The second-order valence-corrected chi connectivity index (χ2v) is 5.16. The van der Waals surface area contributed by atoms with Gasteiger partial charge in [-0.3, -0.25) is 10.2 Å². The Labute approximate surface area is 114 Å². The molecule has 0 saturated carbocycles. The van der Waals surface area contributed by atoms with Gasteiger partial charge in [0, 0.05) is 32.7 Å². The summed E-state index contributed by atoms with van der Waals surface area (Å²) in [5.74, 6) is -0.0843. The highest BCUT2D eigenvalue weighted by atomic mass is 16.2. The first-order valence-corrected chi connectivity index (χ1v) is 6.70. The minimum Gasteiger partial charge on any atom is -0.397 e. The van der Waals surface area contributed by atoms with E-state index in [-0.39, 0.29) is 5.91 Å². The molecule has 104 valence electrons. The van der Waals surface area contributed by atoms with Crippen LogP contribution in [-0.4, -0.2) is 38.1 Å². The van der Waals surface area contributed by atoms with Gasteiger partial charge in [-0.1, -0.05) is 6.42 Å². The van der Waals surface area contributed by atoms with E-state index in [1.54, 1.807) is 6.07 Å². The van der Waals surface area contributed by atoms with Gasteiger partial charge < -0.3 is 10.6 Å². The molecular weight excluding hydrogens is 240 g/mol. The molecule has 1 saturated heterocycles. The fourth-order valence-electron chi connectivity index (χ4n) is 2.32. The lowest BCUT2D eigenvalue weighted by Crippen LogP contribution is -2.45. The highest BCUT2D eigenvalue weighted by Crippen LogP contribution is 2.22. The number of carbonyl (C=O) groups is 1. The van der Waals surface area contributed by atoms with Crippen LogP contribution < -0.4 is 16.1 Å². The predicted octanol–water partition coefficient (Wildman–Crippen LogP) is 1.47. The summed E-state index contributed by atoms with van der Waals surface area (Å²) in [5.41, 5.74) is 11.0. The molecule has 1 aliphatic heterocycles. The number of nitrogen functional groups attached to an aromatic ring is 1. The molecule has 1 heterocycles. The van der Waals surface area contributed by atoms with Crippen LogP contribution in [-0.2, 0) is 0 Å². The van der Waals surface area contributed by atoms with Crippen LogP contribution >= 0.6 is 0 Å². The molecule has 1 amide bonds. The number of hydrazine groups is 1. The molecule has 0 spiro atoms. The third kappa shape index (κ3) is 3.38. The molecule has 0 aromatic heterocycles. The quantitative estimate of drug-likeness (QED) is 0.810. The van der Waals surface area contributed by atoms with Crippen LogP contribution in [0.5, 0.6) is 0 Å². The topological polar surface area (TPSA) is 61.6 Å². The van der Waals surface area contributed by atoms with Crippen LogP contribution in [0.25, 0.3) is 0 Å². The number of benzene rings is 1. The summed E-state index contributed by atoms with van der Waals surface area (Å²) in [6, 6.07) is 5.42. The molecule has 19 heavy (non-hydrogen) atoms. The van der Waals surface area contributed by atoms with Crippen molar-refractivity contribution in [1.29, 1.82) is 0 Å². The maximum atomic E-state index is 12.1. The summed E-state index contributed by atoms with van der Waals surface area (Å²) >= 11 is 0. The highest BCUT2D eigenvalue weighted by Gasteiger charge is 2.15. The van der Waals surface area contributed by atoms with E-state index in [0.29, 0.717) is 11.3 Å². The molecule has 5 nitrogen and oxygen atoms in total. The van der Waals surface area contributed by atoms with Crippen molar-refractivity contribution in [1.82, 2.24) is 10.4 Å². The van der Waals surface area contributed by atoms with Gasteiger partial charge in [0.25, 0.3) is 5.91 Å². The van der Waals surface area contributed by atoms with Crippen LogP contribution in [0.15, 0.2) is 18.2 Å². The van der Waals surface area contributed by atoms with Crippen molar-refractivity contribution in [2.24, 2.45) is 0 Å². The fourth-order valence-corrected chi connectivity index (χ4v) is 2.32. The average molecular weight is 262 g/mol. The van der Waals surface area contributed by atoms with Crippen LogP contribution in [0.1, 0.15) is 29.6 Å². The first-order chi connectivity index (χ1) is 9.08. The third-order valence-electron chi connectivity index (χ3n) is 3.39. The van der Waals surface area contributed by atoms with Gasteiger partial charge in [0.05, 0.1) is 11.4 Å². The number of rotatable bonds is 3. The summed E-state index contributed by atoms with van der Waals surface area (Å²) in [4.78, 5) is 14.1. The Balaban J connectivity index is 2.04. The van der Waals surface area contributed by atoms with Crippen molar-refractivity contribution in [2.45, 2.75) is 19.3 Å². The Morgan fingerprint density at radius 1 is 1.26 bits per heavy atom. The molecular formula is C14H22N4O. The normalized spacial score (nSPS) is 16.1. The molecule has 0 bridgehead atoms. The zero-order valence-corrected chi connectivity index (χ0v) is 11.6. The number of anilines is 2. The third-order valence-corrected chi connectivity index (χ3v) is 3.39. The molecule has 0 radical (unpaired) electrons. The lowest BCUT2D eigenvalue weighted by atomic mass is 10.1. The Kier molecular flexibility index (Phi) is 4.27. The summed E-state index contributed by atoms with van der Waals surface area (Å²) in [5, 5.41) is 1.99. The highest BCUT2D eigenvalue weighted by molar-refractivity contribution is 5.95. The molecule has 1 fully saturated rings. The molecule has 0 atom stereocenters. The number of nitrogens with one attached hydrogen (secondary N) is 1. The van der Waals surface area contributed by atoms with Gasteiger partial charge in [-0.2, -0.15) is 0 Å². The monoisotopic (exact) mass is 262 g/mol.